The lowest BCUT2D eigenvalue weighted by molar-refractivity contribution is 0.132. The lowest BCUT2D eigenvalue weighted by Gasteiger charge is -2.31. The smallest absolute Gasteiger partial charge is 0.407 e. The van der Waals surface area contributed by atoms with E-state index < -0.39 is 6.09 Å². The SMILES string of the molecule is CCc1cc(C2CCN(C(=O)O)CC2)ccc1N(C)c1cc2c(cn1)ncn2C. The van der Waals surface area contributed by atoms with E-state index in [2.05, 4.69) is 46.1 Å². The van der Waals surface area contributed by atoms with Gasteiger partial charge in [0.1, 0.15) is 11.3 Å². The van der Waals surface area contributed by atoms with Crippen molar-refractivity contribution in [3.8, 4) is 0 Å². The van der Waals surface area contributed by atoms with Crippen molar-refractivity contribution in [3.63, 3.8) is 0 Å². The molecule has 1 amide bonds. The van der Waals surface area contributed by atoms with E-state index in [1.807, 2.05) is 24.9 Å². The number of nitrogens with zero attached hydrogens (tertiary/aromatic N) is 5. The molecule has 0 aliphatic carbocycles. The molecular weight excluding hydrogens is 366 g/mol. The Balaban J connectivity index is 1.59. The van der Waals surface area contributed by atoms with Crippen LogP contribution in [0.15, 0.2) is 36.8 Å². The molecule has 0 radical (unpaired) electrons. The first-order valence-electron chi connectivity index (χ1n) is 10.1. The fourth-order valence-corrected chi connectivity index (χ4v) is 4.20. The summed E-state index contributed by atoms with van der Waals surface area (Å²) in [5.41, 5.74) is 5.68. The summed E-state index contributed by atoms with van der Waals surface area (Å²) in [5.74, 6) is 1.30. The minimum atomic E-state index is -0.812. The maximum Gasteiger partial charge on any atom is 0.407 e. The van der Waals surface area contributed by atoms with Crippen molar-refractivity contribution in [2.24, 2.45) is 7.05 Å². The number of carbonyl (C=O) groups is 1. The van der Waals surface area contributed by atoms with Crippen LogP contribution in [0.25, 0.3) is 11.0 Å². The Hall–Kier alpha value is -3.09. The molecule has 0 bridgehead atoms. The highest BCUT2D eigenvalue weighted by molar-refractivity contribution is 5.79. The lowest BCUT2D eigenvalue weighted by Crippen LogP contribution is -2.36. The van der Waals surface area contributed by atoms with Crippen LogP contribution >= 0.6 is 0 Å². The van der Waals surface area contributed by atoms with Gasteiger partial charge in [0.05, 0.1) is 18.0 Å². The summed E-state index contributed by atoms with van der Waals surface area (Å²) in [6.45, 7) is 3.39. The molecule has 1 aliphatic rings. The van der Waals surface area contributed by atoms with Crippen molar-refractivity contribution in [2.75, 3.05) is 25.0 Å². The molecule has 152 valence electrons. The minimum absolute atomic E-state index is 0.416. The quantitative estimate of drug-likeness (QED) is 0.721. The fraction of sp³-hybridized carbons (Fsp3) is 0.409. The number of hydrogen-bond acceptors (Lipinski definition) is 4. The molecule has 3 aromatic rings. The number of amides is 1. The van der Waals surface area contributed by atoms with Crippen molar-refractivity contribution < 1.29 is 9.90 Å². The van der Waals surface area contributed by atoms with E-state index in [0.29, 0.717) is 19.0 Å². The molecule has 0 atom stereocenters. The first-order valence-corrected chi connectivity index (χ1v) is 10.1. The topological polar surface area (TPSA) is 74.5 Å². The predicted molar refractivity (Wildman–Crippen MR) is 114 cm³/mol. The monoisotopic (exact) mass is 393 g/mol. The number of fused-ring (bicyclic) bond motifs is 1. The van der Waals surface area contributed by atoms with Crippen LogP contribution in [0.4, 0.5) is 16.3 Å². The van der Waals surface area contributed by atoms with Crippen LogP contribution < -0.4 is 4.90 Å². The largest absolute Gasteiger partial charge is 0.465 e. The Morgan fingerprint density at radius 1 is 1.24 bits per heavy atom. The predicted octanol–water partition coefficient (Wildman–Crippen LogP) is 4.16. The Bertz CT molecular complexity index is 1040. The van der Waals surface area contributed by atoms with E-state index in [-0.39, 0.29) is 0 Å². The van der Waals surface area contributed by atoms with Crippen molar-refractivity contribution in [1.82, 2.24) is 19.4 Å². The number of aromatic nitrogens is 3. The first kappa shape index (κ1) is 19.2. The molecule has 4 rings (SSSR count). The highest BCUT2D eigenvalue weighted by Crippen LogP contribution is 2.34. The van der Waals surface area contributed by atoms with E-state index in [9.17, 15) is 4.79 Å². The molecule has 1 N–H and O–H groups in total. The highest BCUT2D eigenvalue weighted by atomic mass is 16.4. The van der Waals surface area contributed by atoms with Gasteiger partial charge in [0.25, 0.3) is 0 Å². The maximum absolute atomic E-state index is 11.1. The molecule has 3 heterocycles. The molecule has 0 saturated carbocycles. The lowest BCUT2D eigenvalue weighted by atomic mass is 9.88. The summed E-state index contributed by atoms with van der Waals surface area (Å²) in [5, 5.41) is 9.16. The van der Waals surface area contributed by atoms with Gasteiger partial charge in [-0.25, -0.2) is 14.8 Å². The molecule has 7 nitrogen and oxygen atoms in total. The fourth-order valence-electron chi connectivity index (χ4n) is 4.20. The molecule has 2 aromatic heterocycles. The molecule has 1 saturated heterocycles. The Morgan fingerprint density at radius 3 is 2.69 bits per heavy atom. The third-order valence-corrected chi connectivity index (χ3v) is 6.02. The van der Waals surface area contributed by atoms with Gasteiger partial charge in [-0.15, -0.1) is 0 Å². The Morgan fingerprint density at radius 2 is 2.00 bits per heavy atom. The van der Waals surface area contributed by atoms with Crippen molar-refractivity contribution in [1.29, 1.82) is 0 Å². The zero-order valence-corrected chi connectivity index (χ0v) is 17.2. The van der Waals surface area contributed by atoms with Crippen molar-refractivity contribution in [2.45, 2.75) is 32.1 Å². The average Bonchev–Trinajstić information content (AvgIpc) is 3.13. The van der Waals surface area contributed by atoms with E-state index in [0.717, 1.165) is 41.8 Å². The van der Waals surface area contributed by atoms with Gasteiger partial charge in [-0.05, 0) is 42.4 Å². The molecule has 29 heavy (non-hydrogen) atoms. The number of likely N-dealkylation sites (tertiary alicyclic amines) is 1. The number of carboxylic acid groups (broad SMARTS) is 1. The number of piperidine rings is 1. The molecule has 0 unspecified atom stereocenters. The van der Waals surface area contributed by atoms with Crippen LogP contribution in [0.2, 0.25) is 0 Å². The van der Waals surface area contributed by atoms with Crippen LogP contribution in [-0.4, -0.2) is 50.8 Å². The van der Waals surface area contributed by atoms with Crippen LogP contribution in [0.3, 0.4) is 0 Å². The Kier molecular flexibility index (Phi) is 5.13. The van der Waals surface area contributed by atoms with Gasteiger partial charge in [-0.2, -0.15) is 0 Å². The van der Waals surface area contributed by atoms with Crippen molar-refractivity contribution in [3.05, 3.63) is 47.9 Å². The second kappa shape index (κ2) is 7.73. The second-order valence-electron chi connectivity index (χ2n) is 7.73. The molecule has 1 aliphatic heterocycles. The van der Waals surface area contributed by atoms with Gasteiger partial charge < -0.3 is 19.5 Å². The molecule has 1 aromatic carbocycles. The summed E-state index contributed by atoms with van der Waals surface area (Å²) >= 11 is 0. The number of aryl methyl sites for hydroxylation is 2. The van der Waals surface area contributed by atoms with Crippen LogP contribution in [0, 0.1) is 0 Å². The summed E-state index contributed by atoms with van der Waals surface area (Å²) in [6.07, 6.45) is 5.49. The van der Waals surface area contributed by atoms with Gasteiger partial charge in [-0.3, -0.25) is 0 Å². The minimum Gasteiger partial charge on any atom is -0.465 e. The van der Waals surface area contributed by atoms with E-state index in [1.54, 1.807) is 6.33 Å². The standard InChI is InChI=1S/C22H27N5O2/c1-4-15-11-17(16-7-9-27(10-8-16)22(28)29)5-6-19(15)26(3)21-12-20-18(13-23-21)24-14-25(20)2/h5-6,11-14,16H,4,7-10H2,1-3H3,(H,28,29). The number of pyridine rings is 1. The molecule has 0 spiro atoms. The van der Waals surface area contributed by atoms with Gasteiger partial charge in [0.2, 0.25) is 0 Å². The zero-order chi connectivity index (χ0) is 20.5. The van der Waals surface area contributed by atoms with Crippen LogP contribution in [0.1, 0.15) is 36.8 Å². The Labute approximate surface area is 170 Å². The van der Waals surface area contributed by atoms with E-state index in [1.165, 1.54) is 16.0 Å². The zero-order valence-electron chi connectivity index (χ0n) is 17.2. The average molecular weight is 393 g/mol. The summed E-state index contributed by atoms with van der Waals surface area (Å²) in [4.78, 5) is 23.7. The molecule has 7 heteroatoms. The van der Waals surface area contributed by atoms with Gasteiger partial charge in [0, 0.05) is 38.9 Å². The second-order valence-corrected chi connectivity index (χ2v) is 7.73. The number of benzene rings is 1. The molecule has 1 fully saturated rings. The third-order valence-electron chi connectivity index (χ3n) is 6.02. The summed E-state index contributed by atoms with van der Waals surface area (Å²) in [6, 6.07) is 8.72. The summed E-state index contributed by atoms with van der Waals surface area (Å²) in [7, 11) is 4.03. The number of hydrogen-bond donors (Lipinski definition) is 1. The number of imidazole rings is 1. The van der Waals surface area contributed by atoms with E-state index >= 15 is 0 Å². The normalized spacial score (nSPS) is 15.1. The van der Waals surface area contributed by atoms with Gasteiger partial charge in [-0.1, -0.05) is 19.1 Å². The van der Waals surface area contributed by atoms with E-state index in [4.69, 9.17) is 5.11 Å². The summed E-state index contributed by atoms with van der Waals surface area (Å²) < 4.78 is 2.00. The van der Waals surface area contributed by atoms with Gasteiger partial charge in [0.15, 0.2) is 0 Å². The molecular formula is C22H27N5O2. The van der Waals surface area contributed by atoms with Gasteiger partial charge >= 0.3 is 6.09 Å². The maximum atomic E-state index is 11.1. The highest BCUT2D eigenvalue weighted by Gasteiger charge is 2.24. The van der Waals surface area contributed by atoms with Crippen LogP contribution in [0.5, 0.6) is 0 Å². The third kappa shape index (κ3) is 3.64. The number of rotatable bonds is 4. The van der Waals surface area contributed by atoms with Crippen LogP contribution in [-0.2, 0) is 13.5 Å². The first-order chi connectivity index (χ1) is 14.0. The number of anilines is 2. The van der Waals surface area contributed by atoms with Crippen molar-refractivity contribution >= 4 is 28.6 Å².